The van der Waals surface area contributed by atoms with Gasteiger partial charge in [0.1, 0.15) is 23.4 Å². The number of imidazole rings is 1. The summed E-state index contributed by atoms with van der Waals surface area (Å²) >= 11 is 0. The van der Waals surface area contributed by atoms with Gasteiger partial charge in [-0.2, -0.15) is 0 Å². The number of nitrogens with zero attached hydrogens (tertiary/aromatic N) is 2. The largest absolute Gasteiger partial charge is 0.287 e. The number of allylic oxidation sites excluding steroid dienone is 2. The van der Waals surface area contributed by atoms with Crippen LogP contribution in [-0.2, 0) is 5.54 Å². The topological polar surface area (TPSA) is 9.03 Å². The SMILES string of the molecule is CC1=CC(C)(C)n2c(c[n+]3ccccc23)-c2c(F)cc(F)cc21. The molecule has 2 nitrogen and oxygen atoms in total. The first-order chi connectivity index (χ1) is 10.9. The monoisotopic (exact) mass is 311 g/mol. The highest BCUT2D eigenvalue weighted by atomic mass is 19.1. The maximum Gasteiger partial charge on any atom is 0.287 e. The zero-order valence-corrected chi connectivity index (χ0v) is 13.3. The Morgan fingerprint density at radius 1 is 1.13 bits per heavy atom. The summed E-state index contributed by atoms with van der Waals surface area (Å²) < 4.78 is 32.5. The number of aromatic nitrogens is 2. The van der Waals surface area contributed by atoms with Gasteiger partial charge >= 0.3 is 0 Å². The van der Waals surface area contributed by atoms with E-state index in [0.717, 1.165) is 23.0 Å². The molecule has 1 aromatic carbocycles. The van der Waals surface area contributed by atoms with E-state index in [1.165, 1.54) is 6.07 Å². The van der Waals surface area contributed by atoms with Gasteiger partial charge in [-0.25, -0.2) is 17.7 Å². The zero-order valence-electron chi connectivity index (χ0n) is 13.3. The van der Waals surface area contributed by atoms with E-state index in [1.54, 1.807) is 0 Å². The third-order valence-corrected chi connectivity index (χ3v) is 4.48. The number of halogens is 2. The molecule has 0 unspecified atom stereocenters. The van der Waals surface area contributed by atoms with Crippen LogP contribution in [0.2, 0.25) is 0 Å². The summed E-state index contributed by atoms with van der Waals surface area (Å²) in [5, 5.41) is 0. The molecule has 0 radical (unpaired) electrons. The molecule has 0 aliphatic carbocycles. The van der Waals surface area contributed by atoms with Crippen LogP contribution < -0.4 is 4.40 Å². The third-order valence-electron chi connectivity index (χ3n) is 4.48. The van der Waals surface area contributed by atoms with Crippen molar-refractivity contribution >= 4 is 11.2 Å². The third kappa shape index (κ3) is 1.94. The van der Waals surface area contributed by atoms with Crippen molar-refractivity contribution in [1.29, 1.82) is 0 Å². The Labute approximate surface area is 133 Å². The van der Waals surface area contributed by atoms with Crippen molar-refractivity contribution in [2.24, 2.45) is 0 Å². The molecule has 23 heavy (non-hydrogen) atoms. The van der Waals surface area contributed by atoms with Gasteiger partial charge in [-0.3, -0.25) is 0 Å². The van der Waals surface area contributed by atoms with Crippen molar-refractivity contribution in [3.63, 3.8) is 0 Å². The molecule has 0 saturated carbocycles. The second-order valence-electron chi connectivity index (χ2n) is 6.61. The van der Waals surface area contributed by atoms with Crippen molar-refractivity contribution in [2.45, 2.75) is 26.3 Å². The molecule has 3 aromatic rings. The summed E-state index contributed by atoms with van der Waals surface area (Å²) in [6, 6.07) is 8.27. The lowest BCUT2D eigenvalue weighted by molar-refractivity contribution is -0.510. The molecule has 0 amide bonds. The highest BCUT2D eigenvalue weighted by Crippen LogP contribution is 2.40. The highest BCUT2D eigenvalue weighted by molar-refractivity contribution is 5.82. The lowest BCUT2D eigenvalue weighted by atomic mass is 9.96. The second-order valence-corrected chi connectivity index (χ2v) is 6.61. The van der Waals surface area contributed by atoms with Crippen molar-refractivity contribution < 1.29 is 13.2 Å². The number of benzene rings is 1. The van der Waals surface area contributed by atoms with Crippen molar-refractivity contribution in [3.8, 4) is 11.3 Å². The van der Waals surface area contributed by atoms with Crippen LogP contribution in [0.3, 0.4) is 0 Å². The molecule has 0 N–H and O–H groups in total. The van der Waals surface area contributed by atoms with E-state index in [1.807, 2.05) is 41.9 Å². The zero-order chi connectivity index (χ0) is 16.4. The number of fused-ring (bicyclic) bond motifs is 5. The van der Waals surface area contributed by atoms with E-state index < -0.39 is 11.6 Å². The summed E-state index contributed by atoms with van der Waals surface area (Å²) in [5.74, 6) is -1.08. The minimum absolute atomic E-state index is 0.364. The van der Waals surface area contributed by atoms with E-state index in [2.05, 4.69) is 24.5 Å². The number of pyridine rings is 1. The van der Waals surface area contributed by atoms with Crippen LogP contribution in [-0.4, -0.2) is 4.57 Å². The second kappa shape index (κ2) is 4.51. The predicted molar refractivity (Wildman–Crippen MR) is 85.9 cm³/mol. The van der Waals surface area contributed by atoms with Gasteiger partial charge in [0.25, 0.3) is 5.65 Å². The Hall–Kier alpha value is -2.49. The fourth-order valence-corrected chi connectivity index (χ4v) is 3.66. The first-order valence-electron chi connectivity index (χ1n) is 7.60. The molecule has 4 rings (SSSR count). The Morgan fingerprint density at radius 3 is 2.70 bits per heavy atom. The number of hydrogen-bond acceptors (Lipinski definition) is 0. The molecule has 1 aliphatic rings. The van der Waals surface area contributed by atoms with Crippen LogP contribution in [0, 0.1) is 11.6 Å². The Bertz CT molecular complexity index is 980. The lowest BCUT2D eigenvalue weighted by Gasteiger charge is -2.18. The van der Waals surface area contributed by atoms with Crippen molar-refractivity contribution in [2.75, 3.05) is 0 Å². The first-order valence-corrected chi connectivity index (χ1v) is 7.60. The molecule has 0 bridgehead atoms. The molecule has 0 fully saturated rings. The fourth-order valence-electron chi connectivity index (χ4n) is 3.66. The van der Waals surface area contributed by atoms with Crippen molar-refractivity contribution in [1.82, 2.24) is 4.57 Å². The quantitative estimate of drug-likeness (QED) is 0.547. The minimum atomic E-state index is -0.552. The van der Waals surface area contributed by atoms with E-state index in [-0.39, 0.29) is 5.54 Å². The molecule has 0 atom stereocenters. The van der Waals surface area contributed by atoms with Crippen molar-refractivity contribution in [3.05, 3.63) is 66.0 Å². The van der Waals surface area contributed by atoms with Gasteiger partial charge in [-0.1, -0.05) is 6.07 Å². The normalized spacial score (nSPS) is 15.8. The van der Waals surface area contributed by atoms with E-state index in [0.29, 0.717) is 11.1 Å². The number of hydrogen-bond donors (Lipinski definition) is 0. The molecule has 0 spiro atoms. The van der Waals surface area contributed by atoms with E-state index in [9.17, 15) is 8.78 Å². The summed E-state index contributed by atoms with van der Waals surface area (Å²) in [5.41, 5.74) is 3.29. The van der Waals surface area contributed by atoms with E-state index >= 15 is 0 Å². The minimum Gasteiger partial charge on any atom is -0.214 e. The van der Waals surface area contributed by atoms with Crippen LogP contribution in [0.1, 0.15) is 26.3 Å². The average Bonchev–Trinajstić information content (AvgIpc) is 2.81. The van der Waals surface area contributed by atoms with Gasteiger partial charge in [0.05, 0.1) is 11.8 Å². The van der Waals surface area contributed by atoms with E-state index in [4.69, 9.17) is 0 Å². The molecule has 4 heteroatoms. The van der Waals surface area contributed by atoms with Crippen LogP contribution in [0.5, 0.6) is 0 Å². The summed E-state index contributed by atoms with van der Waals surface area (Å²) in [6.07, 6.45) is 5.91. The Morgan fingerprint density at radius 2 is 1.91 bits per heavy atom. The first kappa shape index (κ1) is 14.1. The van der Waals surface area contributed by atoms with Gasteiger partial charge in [0, 0.05) is 12.1 Å². The summed E-state index contributed by atoms with van der Waals surface area (Å²) in [6.45, 7) is 6.06. The molecular weight excluding hydrogens is 294 g/mol. The smallest absolute Gasteiger partial charge is 0.214 e. The predicted octanol–water partition coefficient (Wildman–Crippen LogP) is 4.32. The summed E-state index contributed by atoms with van der Waals surface area (Å²) in [7, 11) is 0. The number of rotatable bonds is 0. The molecule has 2 aromatic heterocycles. The van der Waals surface area contributed by atoms with Gasteiger partial charge in [-0.15, -0.1) is 0 Å². The Kier molecular flexibility index (Phi) is 2.77. The average molecular weight is 311 g/mol. The highest BCUT2D eigenvalue weighted by Gasteiger charge is 2.36. The maximum absolute atomic E-state index is 14.7. The van der Waals surface area contributed by atoms with Gasteiger partial charge in [0.2, 0.25) is 0 Å². The van der Waals surface area contributed by atoms with Crippen LogP contribution in [0.15, 0.2) is 48.8 Å². The van der Waals surface area contributed by atoms with Gasteiger partial charge in [0.15, 0.2) is 5.69 Å². The summed E-state index contributed by atoms with van der Waals surface area (Å²) in [4.78, 5) is 0. The fraction of sp³-hybridized carbons (Fsp3) is 0.211. The van der Waals surface area contributed by atoms with Crippen LogP contribution in [0.25, 0.3) is 22.5 Å². The maximum atomic E-state index is 14.7. The molecule has 1 aliphatic heterocycles. The Balaban J connectivity index is 2.22. The molecule has 3 heterocycles. The standard InChI is InChI=1S/C19H17F2N2/c1-12-10-19(2,3)23-16(11-22-7-5-4-6-17(22)23)18-14(12)8-13(20)9-15(18)21/h4-11H,1-3H3/q+1. The molecule has 116 valence electrons. The van der Waals surface area contributed by atoms with Crippen LogP contribution >= 0.6 is 0 Å². The van der Waals surface area contributed by atoms with Gasteiger partial charge < -0.3 is 0 Å². The van der Waals surface area contributed by atoms with Gasteiger partial charge in [-0.05, 0) is 50.1 Å². The van der Waals surface area contributed by atoms with Crippen LogP contribution in [0.4, 0.5) is 8.78 Å². The molecule has 0 saturated heterocycles. The lowest BCUT2D eigenvalue weighted by Crippen LogP contribution is -2.27. The molecular formula is C19H17F2N2+.